The maximum atomic E-state index is 12.7. The molecule has 0 fully saturated rings. The molecule has 2 aromatic rings. The van der Waals surface area contributed by atoms with Crippen LogP contribution in [0, 0.1) is 0 Å². The van der Waals surface area contributed by atoms with Gasteiger partial charge in [-0.05, 0) is 24.1 Å². The van der Waals surface area contributed by atoms with E-state index < -0.39 is 36.1 Å². The van der Waals surface area contributed by atoms with E-state index in [1.807, 2.05) is 6.07 Å². The molecule has 0 saturated heterocycles. The van der Waals surface area contributed by atoms with Crippen molar-refractivity contribution in [2.24, 2.45) is 5.73 Å². The molecule has 2 rings (SSSR count). The highest BCUT2D eigenvalue weighted by atomic mass is 16.5. The summed E-state index contributed by atoms with van der Waals surface area (Å²) in [6.07, 6.45) is -2.05. The van der Waals surface area contributed by atoms with E-state index in [1.165, 1.54) is 14.0 Å². The molecule has 0 aromatic heterocycles. The number of hydrogen-bond donors (Lipinski definition) is 4. The molecule has 31 heavy (non-hydrogen) atoms. The number of rotatable bonds is 10. The standard InChI is InChI=1S/C22H27N3O6/c1-14(26)19(25-22(29)31-13-15-8-4-3-5-9-15)21(28)24-17(20(23)27)12-16-10-6-7-11-18(16)30-2/h3-11,14,17,19,26H,12-13H2,1-2H3,(H2,23,27)(H,24,28)(H,25,29)/t14-,17+,19+/m1/s1. The summed E-state index contributed by atoms with van der Waals surface area (Å²) in [6, 6.07) is 13.6. The Morgan fingerprint density at radius 3 is 2.29 bits per heavy atom. The molecular formula is C22H27N3O6. The molecule has 0 unspecified atom stereocenters. The monoisotopic (exact) mass is 429 g/mol. The summed E-state index contributed by atoms with van der Waals surface area (Å²) in [5.41, 5.74) is 6.87. The van der Waals surface area contributed by atoms with Crippen LogP contribution in [0.3, 0.4) is 0 Å². The smallest absolute Gasteiger partial charge is 0.408 e. The first-order valence-electron chi connectivity index (χ1n) is 9.68. The molecule has 0 aliphatic heterocycles. The number of para-hydroxylation sites is 1. The maximum absolute atomic E-state index is 12.7. The molecule has 0 heterocycles. The SMILES string of the molecule is COc1ccccc1C[C@H](NC(=O)[C@@H](NC(=O)OCc1ccccc1)[C@@H](C)O)C(N)=O. The minimum atomic E-state index is -1.34. The zero-order chi connectivity index (χ0) is 22.8. The van der Waals surface area contributed by atoms with E-state index >= 15 is 0 Å². The Hall–Kier alpha value is -3.59. The number of amides is 3. The molecule has 0 saturated carbocycles. The number of aliphatic hydroxyl groups is 1. The highest BCUT2D eigenvalue weighted by molar-refractivity contribution is 5.91. The highest BCUT2D eigenvalue weighted by Crippen LogP contribution is 2.19. The van der Waals surface area contributed by atoms with Gasteiger partial charge in [0.1, 0.15) is 24.4 Å². The summed E-state index contributed by atoms with van der Waals surface area (Å²) in [5.74, 6) is -1.00. The van der Waals surface area contributed by atoms with Crippen LogP contribution in [-0.4, -0.2) is 48.3 Å². The summed E-state index contributed by atoms with van der Waals surface area (Å²) in [5, 5.41) is 14.8. The number of nitrogens with two attached hydrogens (primary N) is 1. The van der Waals surface area contributed by atoms with E-state index in [2.05, 4.69) is 10.6 Å². The number of ether oxygens (including phenoxy) is 2. The largest absolute Gasteiger partial charge is 0.496 e. The fourth-order valence-electron chi connectivity index (χ4n) is 2.87. The fourth-order valence-corrected chi connectivity index (χ4v) is 2.87. The molecule has 5 N–H and O–H groups in total. The van der Waals surface area contributed by atoms with E-state index in [0.717, 1.165) is 5.56 Å². The number of carbonyl (C=O) groups is 3. The summed E-state index contributed by atoms with van der Waals surface area (Å²) < 4.78 is 10.3. The number of nitrogens with one attached hydrogen (secondary N) is 2. The lowest BCUT2D eigenvalue weighted by atomic mass is 10.0. The van der Waals surface area contributed by atoms with E-state index in [4.69, 9.17) is 15.2 Å². The van der Waals surface area contributed by atoms with Gasteiger partial charge in [0.05, 0.1) is 13.2 Å². The van der Waals surface area contributed by atoms with E-state index in [0.29, 0.717) is 11.3 Å². The van der Waals surface area contributed by atoms with Crippen molar-refractivity contribution in [3.8, 4) is 5.75 Å². The topological polar surface area (TPSA) is 140 Å². The van der Waals surface area contributed by atoms with Gasteiger partial charge in [0.15, 0.2) is 0 Å². The second-order valence-electron chi connectivity index (χ2n) is 6.90. The first kappa shape index (κ1) is 23.7. The van der Waals surface area contributed by atoms with Crippen LogP contribution in [0.25, 0.3) is 0 Å². The molecule has 3 atom stereocenters. The number of methoxy groups -OCH3 is 1. The van der Waals surface area contributed by atoms with Crippen molar-refractivity contribution >= 4 is 17.9 Å². The van der Waals surface area contributed by atoms with Crippen LogP contribution in [0.15, 0.2) is 54.6 Å². The van der Waals surface area contributed by atoms with Crippen molar-refractivity contribution in [3.63, 3.8) is 0 Å². The van der Waals surface area contributed by atoms with Gasteiger partial charge in [-0.2, -0.15) is 0 Å². The Balaban J connectivity index is 2.01. The van der Waals surface area contributed by atoms with Gasteiger partial charge >= 0.3 is 6.09 Å². The minimum Gasteiger partial charge on any atom is -0.496 e. The van der Waals surface area contributed by atoms with Gasteiger partial charge in [0.2, 0.25) is 11.8 Å². The second kappa shape index (κ2) is 11.6. The summed E-state index contributed by atoms with van der Waals surface area (Å²) in [7, 11) is 1.49. The van der Waals surface area contributed by atoms with Crippen molar-refractivity contribution < 1.29 is 29.0 Å². The fraction of sp³-hybridized carbons (Fsp3) is 0.318. The highest BCUT2D eigenvalue weighted by Gasteiger charge is 2.30. The molecule has 166 valence electrons. The van der Waals surface area contributed by atoms with Gasteiger partial charge in [-0.15, -0.1) is 0 Å². The summed E-state index contributed by atoms with van der Waals surface area (Å²) >= 11 is 0. The number of aliphatic hydroxyl groups excluding tert-OH is 1. The van der Waals surface area contributed by atoms with Crippen LogP contribution in [0.4, 0.5) is 4.79 Å². The van der Waals surface area contributed by atoms with Crippen LogP contribution in [0.1, 0.15) is 18.1 Å². The third kappa shape index (κ3) is 7.31. The van der Waals surface area contributed by atoms with Gasteiger partial charge in [-0.3, -0.25) is 9.59 Å². The van der Waals surface area contributed by atoms with Crippen molar-refractivity contribution in [1.29, 1.82) is 0 Å². The Morgan fingerprint density at radius 2 is 1.68 bits per heavy atom. The van der Waals surface area contributed by atoms with Crippen molar-refractivity contribution in [2.75, 3.05) is 7.11 Å². The molecule has 0 radical (unpaired) electrons. The van der Waals surface area contributed by atoms with Crippen LogP contribution in [0.2, 0.25) is 0 Å². The lowest BCUT2D eigenvalue weighted by Crippen LogP contribution is -2.57. The van der Waals surface area contributed by atoms with Crippen LogP contribution in [-0.2, 0) is 27.4 Å². The normalized spacial score (nSPS) is 13.4. The lowest BCUT2D eigenvalue weighted by Gasteiger charge is -2.24. The number of alkyl carbamates (subject to hydrolysis) is 1. The van der Waals surface area contributed by atoms with Gasteiger partial charge in [0, 0.05) is 6.42 Å². The van der Waals surface area contributed by atoms with Gasteiger partial charge in [-0.1, -0.05) is 48.5 Å². The minimum absolute atomic E-state index is 0.00145. The average Bonchev–Trinajstić information content (AvgIpc) is 2.76. The average molecular weight is 429 g/mol. The number of carbonyl (C=O) groups excluding carboxylic acids is 3. The Bertz CT molecular complexity index is 888. The predicted octanol–water partition coefficient (Wildman–Crippen LogP) is 0.884. The van der Waals surface area contributed by atoms with E-state index in [1.54, 1.807) is 48.5 Å². The maximum Gasteiger partial charge on any atom is 0.408 e. The molecule has 0 aliphatic carbocycles. The molecular weight excluding hydrogens is 402 g/mol. The molecule has 9 heteroatoms. The summed E-state index contributed by atoms with van der Waals surface area (Å²) in [4.78, 5) is 36.7. The van der Waals surface area contributed by atoms with Crippen molar-refractivity contribution in [2.45, 2.75) is 38.1 Å². The van der Waals surface area contributed by atoms with Crippen LogP contribution in [0.5, 0.6) is 5.75 Å². The molecule has 2 aromatic carbocycles. The number of benzene rings is 2. The first-order chi connectivity index (χ1) is 14.8. The van der Waals surface area contributed by atoms with E-state index in [9.17, 15) is 19.5 Å². The summed E-state index contributed by atoms with van der Waals surface area (Å²) in [6.45, 7) is 1.33. The zero-order valence-electron chi connectivity index (χ0n) is 17.4. The third-order valence-electron chi connectivity index (χ3n) is 4.53. The number of primary amides is 1. The molecule has 9 nitrogen and oxygen atoms in total. The Morgan fingerprint density at radius 1 is 1.03 bits per heavy atom. The molecule has 0 spiro atoms. The van der Waals surface area contributed by atoms with Crippen LogP contribution >= 0.6 is 0 Å². The number of hydrogen-bond acceptors (Lipinski definition) is 6. The van der Waals surface area contributed by atoms with Gasteiger partial charge in [-0.25, -0.2) is 4.79 Å². The molecule has 0 aliphatic rings. The third-order valence-corrected chi connectivity index (χ3v) is 4.53. The zero-order valence-corrected chi connectivity index (χ0v) is 17.4. The van der Waals surface area contributed by atoms with Crippen LogP contribution < -0.4 is 21.1 Å². The first-order valence-corrected chi connectivity index (χ1v) is 9.68. The Kier molecular flexibility index (Phi) is 8.83. The van der Waals surface area contributed by atoms with Gasteiger partial charge < -0.3 is 30.9 Å². The molecule has 0 bridgehead atoms. The molecule has 3 amide bonds. The Labute approximate surface area is 180 Å². The van der Waals surface area contributed by atoms with Crippen molar-refractivity contribution in [3.05, 3.63) is 65.7 Å². The van der Waals surface area contributed by atoms with Crippen molar-refractivity contribution in [1.82, 2.24) is 10.6 Å². The predicted molar refractivity (Wildman–Crippen MR) is 113 cm³/mol. The quantitative estimate of drug-likeness (QED) is 0.442. The van der Waals surface area contributed by atoms with E-state index in [-0.39, 0.29) is 13.0 Å². The van der Waals surface area contributed by atoms with Gasteiger partial charge in [0.25, 0.3) is 0 Å². The lowest BCUT2D eigenvalue weighted by molar-refractivity contribution is -0.130. The second-order valence-corrected chi connectivity index (χ2v) is 6.90.